The summed E-state index contributed by atoms with van der Waals surface area (Å²) in [5.74, 6) is 1.11. The first-order chi connectivity index (χ1) is 7.66. The Bertz CT molecular complexity index is 246. The second-order valence-corrected chi connectivity index (χ2v) is 5.60. The molecule has 0 radical (unpaired) electrons. The van der Waals surface area contributed by atoms with Crippen LogP contribution in [-0.2, 0) is 4.79 Å². The van der Waals surface area contributed by atoms with Crippen LogP contribution in [0.1, 0.15) is 46.0 Å². The largest absolute Gasteiger partial charge is 0.341 e. The molecule has 1 heterocycles. The molecule has 3 nitrogen and oxygen atoms in total. The summed E-state index contributed by atoms with van der Waals surface area (Å²) in [6, 6.07) is 0.488. The van der Waals surface area contributed by atoms with Gasteiger partial charge in [0, 0.05) is 19.1 Å². The van der Waals surface area contributed by atoms with Gasteiger partial charge in [0.15, 0.2) is 0 Å². The van der Waals surface area contributed by atoms with Crippen LogP contribution in [0, 0.1) is 5.92 Å². The molecule has 1 amide bonds. The minimum absolute atomic E-state index is 0.0846. The molecule has 1 N–H and O–H groups in total. The SMILES string of the molecule is CC(C)NC1CCN(CC2CCCC2)C1=O. The van der Waals surface area contributed by atoms with Crippen molar-refractivity contribution in [2.75, 3.05) is 13.1 Å². The summed E-state index contributed by atoms with van der Waals surface area (Å²) in [5, 5.41) is 3.36. The molecule has 2 fully saturated rings. The van der Waals surface area contributed by atoms with Gasteiger partial charge in [-0.3, -0.25) is 4.79 Å². The standard InChI is InChI=1S/C13H24N2O/c1-10(2)14-12-7-8-15(13(12)16)9-11-5-3-4-6-11/h10-12,14H,3-9H2,1-2H3. The Morgan fingerprint density at radius 1 is 1.31 bits per heavy atom. The van der Waals surface area contributed by atoms with Crippen LogP contribution in [0.3, 0.4) is 0 Å². The van der Waals surface area contributed by atoms with Crippen LogP contribution in [0.25, 0.3) is 0 Å². The van der Waals surface area contributed by atoms with Gasteiger partial charge in [-0.2, -0.15) is 0 Å². The second kappa shape index (κ2) is 5.17. The van der Waals surface area contributed by atoms with Crippen molar-refractivity contribution >= 4 is 5.91 Å². The Morgan fingerprint density at radius 3 is 2.62 bits per heavy atom. The highest BCUT2D eigenvalue weighted by atomic mass is 16.2. The van der Waals surface area contributed by atoms with E-state index in [2.05, 4.69) is 24.1 Å². The molecule has 0 aromatic heterocycles. The second-order valence-electron chi connectivity index (χ2n) is 5.60. The molecule has 92 valence electrons. The van der Waals surface area contributed by atoms with Crippen molar-refractivity contribution in [3.63, 3.8) is 0 Å². The number of amides is 1. The summed E-state index contributed by atoms with van der Waals surface area (Å²) < 4.78 is 0. The van der Waals surface area contributed by atoms with Crippen molar-refractivity contribution < 1.29 is 4.79 Å². The molecule has 1 saturated heterocycles. The van der Waals surface area contributed by atoms with Crippen LogP contribution in [0.4, 0.5) is 0 Å². The van der Waals surface area contributed by atoms with Crippen molar-refractivity contribution in [2.24, 2.45) is 5.92 Å². The van der Waals surface area contributed by atoms with Crippen LogP contribution in [0.5, 0.6) is 0 Å². The van der Waals surface area contributed by atoms with E-state index >= 15 is 0 Å². The van der Waals surface area contributed by atoms with Crippen LogP contribution in [0.15, 0.2) is 0 Å². The first kappa shape index (κ1) is 11.9. The van der Waals surface area contributed by atoms with E-state index in [4.69, 9.17) is 0 Å². The minimum Gasteiger partial charge on any atom is -0.341 e. The first-order valence-corrected chi connectivity index (χ1v) is 6.71. The van der Waals surface area contributed by atoms with Crippen molar-refractivity contribution in [3.05, 3.63) is 0 Å². The number of rotatable bonds is 4. The van der Waals surface area contributed by atoms with Gasteiger partial charge in [0.2, 0.25) is 5.91 Å². The van der Waals surface area contributed by atoms with Crippen LogP contribution >= 0.6 is 0 Å². The fourth-order valence-corrected chi connectivity index (χ4v) is 2.98. The maximum absolute atomic E-state index is 12.1. The van der Waals surface area contributed by atoms with Crippen LogP contribution in [0.2, 0.25) is 0 Å². The van der Waals surface area contributed by atoms with Crippen molar-refractivity contribution in [1.82, 2.24) is 10.2 Å². The highest BCUT2D eigenvalue weighted by Crippen LogP contribution is 2.27. The molecule has 0 aromatic rings. The monoisotopic (exact) mass is 224 g/mol. The molecular formula is C13H24N2O. The van der Waals surface area contributed by atoms with Gasteiger partial charge in [0.1, 0.15) is 0 Å². The summed E-state index contributed by atoms with van der Waals surface area (Å²) >= 11 is 0. The molecule has 2 rings (SSSR count). The zero-order valence-corrected chi connectivity index (χ0v) is 10.5. The topological polar surface area (TPSA) is 32.3 Å². The lowest BCUT2D eigenvalue weighted by molar-refractivity contribution is -0.130. The molecule has 0 spiro atoms. The minimum atomic E-state index is 0.0846. The van der Waals surface area contributed by atoms with E-state index < -0.39 is 0 Å². The lowest BCUT2D eigenvalue weighted by Crippen LogP contribution is -2.42. The third-order valence-electron chi connectivity index (χ3n) is 3.79. The fraction of sp³-hybridized carbons (Fsp3) is 0.923. The summed E-state index contributed by atoms with van der Waals surface area (Å²) in [6.07, 6.45) is 6.36. The van der Waals surface area contributed by atoms with E-state index in [1.165, 1.54) is 25.7 Å². The molecule has 3 heteroatoms. The molecule has 0 aromatic carbocycles. The highest BCUT2D eigenvalue weighted by Gasteiger charge is 2.33. The number of likely N-dealkylation sites (tertiary alicyclic amines) is 1. The number of hydrogen-bond donors (Lipinski definition) is 1. The summed E-state index contributed by atoms with van der Waals surface area (Å²) in [4.78, 5) is 14.2. The van der Waals surface area contributed by atoms with Crippen LogP contribution < -0.4 is 5.32 Å². The Balaban J connectivity index is 1.81. The van der Waals surface area contributed by atoms with E-state index in [9.17, 15) is 4.79 Å². The van der Waals surface area contributed by atoms with Gasteiger partial charge < -0.3 is 10.2 Å². The predicted molar refractivity (Wildman–Crippen MR) is 65.2 cm³/mol. The maximum Gasteiger partial charge on any atom is 0.239 e. The number of carbonyl (C=O) groups excluding carboxylic acids is 1. The molecule has 1 aliphatic heterocycles. The lowest BCUT2D eigenvalue weighted by atomic mass is 10.1. The number of nitrogens with zero attached hydrogens (tertiary/aromatic N) is 1. The Hall–Kier alpha value is -0.570. The zero-order valence-electron chi connectivity index (χ0n) is 10.5. The summed E-state index contributed by atoms with van der Waals surface area (Å²) in [5.41, 5.74) is 0. The summed E-state index contributed by atoms with van der Waals surface area (Å²) in [7, 11) is 0. The van der Waals surface area contributed by atoms with Gasteiger partial charge in [-0.05, 0) is 25.2 Å². The first-order valence-electron chi connectivity index (χ1n) is 6.71. The maximum atomic E-state index is 12.1. The molecule has 1 aliphatic carbocycles. The molecule has 1 saturated carbocycles. The van der Waals surface area contributed by atoms with Gasteiger partial charge in [-0.1, -0.05) is 26.7 Å². The van der Waals surface area contributed by atoms with Gasteiger partial charge in [-0.15, -0.1) is 0 Å². The summed E-state index contributed by atoms with van der Waals surface area (Å²) in [6.45, 7) is 6.18. The molecule has 2 aliphatic rings. The molecular weight excluding hydrogens is 200 g/mol. The Morgan fingerprint density at radius 2 is 2.00 bits per heavy atom. The van der Waals surface area contributed by atoms with E-state index in [-0.39, 0.29) is 6.04 Å². The van der Waals surface area contributed by atoms with Gasteiger partial charge in [0.05, 0.1) is 6.04 Å². The highest BCUT2D eigenvalue weighted by molar-refractivity contribution is 5.84. The number of nitrogens with one attached hydrogen (secondary N) is 1. The normalized spacial score (nSPS) is 27.3. The average Bonchev–Trinajstić information content (AvgIpc) is 2.82. The molecule has 1 atom stereocenters. The van der Waals surface area contributed by atoms with E-state index in [0.29, 0.717) is 11.9 Å². The quantitative estimate of drug-likeness (QED) is 0.789. The van der Waals surface area contributed by atoms with E-state index in [1.807, 2.05) is 0 Å². The van der Waals surface area contributed by atoms with Crippen molar-refractivity contribution in [2.45, 2.75) is 58.0 Å². The molecule has 0 bridgehead atoms. The van der Waals surface area contributed by atoms with Gasteiger partial charge in [-0.25, -0.2) is 0 Å². The van der Waals surface area contributed by atoms with E-state index in [0.717, 1.165) is 25.4 Å². The Kier molecular flexibility index (Phi) is 3.85. The van der Waals surface area contributed by atoms with Crippen LogP contribution in [-0.4, -0.2) is 36.0 Å². The van der Waals surface area contributed by atoms with Gasteiger partial charge >= 0.3 is 0 Å². The third-order valence-corrected chi connectivity index (χ3v) is 3.79. The lowest BCUT2D eigenvalue weighted by Gasteiger charge is -2.21. The number of carbonyl (C=O) groups is 1. The smallest absolute Gasteiger partial charge is 0.239 e. The zero-order chi connectivity index (χ0) is 11.5. The third kappa shape index (κ3) is 2.76. The Labute approximate surface area is 98.6 Å². The number of hydrogen-bond acceptors (Lipinski definition) is 2. The fourth-order valence-electron chi connectivity index (χ4n) is 2.98. The van der Waals surface area contributed by atoms with Crippen molar-refractivity contribution in [3.8, 4) is 0 Å². The molecule has 16 heavy (non-hydrogen) atoms. The predicted octanol–water partition coefficient (Wildman–Crippen LogP) is 1.78. The van der Waals surface area contributed by atoms with E-state index in [1.54, 1.807) is 0 Å². The molecule has 1 unspecified atom stereocenters. The van der Waals surface area contributed by atoms with Gasteiger partial charge in [0.25, 0.3) is 0 Å². The van der Waals surface area contributed by atoms with Crippen molar-refractivity contribution in [1.29, 1.82) is 0 Å². The average molecular weight is 224 g/mol.